The molecule has 1 aromatic carbocycles. The molecule has 0 spiro atoms. The molecule has 0 aliphatic carbocycles. The van der Waals surface area contributed by atoms with Crippen LogP contribution < -0.4 is 10.1 Å². The van der Waals surface area contributed by atoms with Gasteiger partial charge in [0.25, 0.3) is 0 Å². The van der Waals surface area contributed by atoms with Crippen LogP contribution in [0, 0.1) is 11.6 Å². The van der Waals surface area contributed by atoms with E-state index in [1.54, 1.807) is 0 Å². The Morgan fingerprint density at radius 1 is 1.39 bits per heavy atom. The van der Waals surface area contributed by atoms with E-state index in [1.165, 1.54) is 0 Å². The Morgan fingerprint density at radius 3 is 2.61 bits per heavy atom. The van der Waals surface area contributed by atoms with Gasteiger partial charge in [0.2, 0.25) is 0 Å². The van der Waals surface area contributed by atoms with Crippen LogP contribution >= 0.6 is 15.9 Å². The molecule has 0 aliphatic heterocycles. The van der Waals surface area contributed by atoms with Gasteiger partial charge in [-0.05, 0) is 22.0 Å². The topological polar surface area (TPSA) is 41.5 Å². The Bertz CT molecular complexity index is 379. The van der Waals surface area contributed by atoms with Crippen LogP contribution in [0.2, 0.25) is 0 Å². The van der Waals surface area contributed by atoms with Gasteiger partial charge in [-0.3, -0.25) is 0 Å². The first kappa shape index (κ1) is 15.3. The Hall–Kier alpha value is -0.720. The highest BCUT2D eigenvalue weighted by atomic mass is 79.9. The molecule has 6 heteroatoms. The molecule has 0 fully saturated rings. The van der Waals surface area contributed by atoms with Gasteiger partial charge >= 0.3 is 0 Å². The number of ether oxygens (including phenoxy) is 1. The molecule has 0 saturated heterocycles. The lowest BCUT2D eigenvalue weighted by molar-refractivity contribution is 0.102. The normalized spacial score (nSPS) is 12.8. The van der Waals surface area contributed by atoms with E-state index in [0.29, 0.717) is 6.54 Å². The largest absolute Gasteiger partial charge is 0.487 e. The summed E-state index contributed by atoms with van der Waals surface area (Å²) in [4.78, 5) is 0. The summed E-state index contributed by atoms with van der Waals surface area (Å²) in [6.45, 7) is 4.17. The van der Waals surface area contributed by atoms with Crippen molar-refractivity contribution in [3.63, 3.8) is 0 Å². The number of hydrogen-bond donors (Lipinski definition) is 2. The molecule has 1 atom stereocenters. The van der Waals surface area contributed by atoms with Crippen LogP contribution in [0.15, 0.2) is 16.6 Å². The van der Waals surface area contributed by atoms with Gasteiger partial charge in [-0.1, -0.05) is 13.8 Å². The molecular formula is C12H16BrF2NO2. The van der Waals surface area contributed by atoms with Gasteiger partial charge in [-0.25, -0.2) is 8.78 Å². The van der Waals surface area contributed by atoms with Crippen molar-refractivity contribution in [1.82, 2.24) is 5.32 Å². The number of aliphatic hydroxyl groups is 1. The second kappa shape index (κ2) is 7.01. The minimum atomic E-state index is -0.800. The average molecular weight is 324 g/mol. The van der Waals surface area contributed by atoms with E-state index in [4.69, 9.17) is 4.74 Å². The maximum absolute atomic E-state index is 13.4. The molecule has 0 aromatic heterocycles. The highest BCUT2D eigenvalue weighted by Crippen LogP contribution is 2.29. The zero-order valence-corrected chi connectivity index (χ0v) is 11.8. The van der Waals surface area contributed by atoms with Crippen molar-refractivity contribution in [2.75, 3.05) is 13.2 Å². The minimum Gasteiger partial charge on any atom is -0.487 e. The van der Waals surface area contributed by atoms with E-state index in [1.807, 2.05) is 13.8 Å². The number of benzene rings is 1. The summed E-state index contributed by atoms with van der Waals surface area (Å²) < 4.78 is 31.5. The second-order valence-electron chi connectivity index (χ2n) is 4.23. The third-order valence-electron chi connectivity index (χ3n) is 2.14. The molecule has 1 unspecified atom stereocenters. The number of halogens is 3. The van der Waals surface area contributed by atoms with Gasteiger partial charge in [-0.15, -0.1) is 0 Å². The summed E-state index contributed by atoms with van der Waals surface area (Å²) in [6, 6.07) is 2.09. The van der Waals surface area contributed by atoms with Gasteiger partial charge in [0, 0.05) is 18.7 Å². The first-order valence-electron chi connectivity index (χ1n) is 5.59. The van der Waals surface area contributed by atoms with Crippen molar-refractivity contribution < 1.29 is 18.6 Å². The standard InChI is InChI=1S/C12H16BrF2NO2/c1-7(2)16-5-9(17)6-18-12-10(13)3-8(14)4-11(12)15/h3-4,7,9,16-17H,5-6H2,1-2H3. The lowest BCUT2D eigenvalue weighted by Gasteiger charge is -2.16. The molecule has 1 rings (SSSR count). The van der Waals surface area contributed by atoms with Gasteiger partial charge in [-0.2, -0.15) is 0 Å². The lowest BCUT2D eigenvalue weighted by atomic mass is 10.3. The molecule has 1 aromatic rings. The minimum absolute atomic E-state index is 0.0686. The van der Waals surface area contributed by atoms with Crippen molar-refractivity contribution in [3.8, 4) is 5.75 Å². The van der Waals surface area contributed by atoms with Crippen LogP contribution in [-0.4, -0.2) is 30.4 Å². The van der Waals surface area contributed by atoms with Crippen LogP contribution in [0.4, 0.5) is 8.78 Å². The number of aliphatic hydroxyl groups excluding tert-OH is 1. The van der Waals surface area contributed by atoms with E-state index in [0.717, 1.165) is 12.1 Å². The van der Waals surface area contributed by atoms with Crippen LogP contribution in [0.3, 0.4) is 0 Å². The Balaban J connectivity index is 2.53. The zero-order chi connectivity index (χ0) is 13.7. The molecule has 102 valence electrons. The first-order chi connectivity index (χ1) is 8.40. The highest BCUT2D eigenvalue weighted by Gasteiger charge is 2.13. The SMILES string of the molecule is CC(C)NCC(O)COc1c(F)cc(F)cc1Br. The second-order valence-corrected chi connectivity index (χ2v) is 5.08. The lowest BCUT2D eigenvalue weighted by Crippen LogP contribution is -2.35. The van der Waals surface area contributed by atoms with Crippen molar-refractivity contribution in [2.24, 2.45) is 0 Å². The number of rotatable bonds is 6. The summed E-state index contributed by atoms with van der Waals surface area (Å²) in [7, 11) is 0. The molecule has 0 amide bonds. The Kier molecular flexibility index (Phi) is 5.98. The Labute approximate surface area is 113 Å². The predicted molar refractivity (Wildman–Crippen MR) is 68.7 cm³/mol. The summed E-state index contributed by atoms with van der Waals surface area (Å²) >= 11 is 3.01. The monoisotopic (exact) mass is 323 g/mol. The Morgan fingerprint density at radius 2 is 2.06 bits per heavy atom. The fourth-order valence-electron chi connectivity index (χ4n) is 1.28. The van der Waals surface area contributed by atoms with E-state index in [-0.39, 0.29) is 22.9 Å². The average Bonchev–Trinajstić information content (AvgIpc) is 2.24. The number of nitrogens with one attached hydrogen (secondary N) is 1. The van der Waals surface area contributed by atoms with Gasteiger partial charge < -0.3 is 15.2 Å². The summed E-state index contributed by atoms with van der Waals surface area (Å²) in [6.07, 6.45) is -0.760. The van der Waals surface area contributed by atoms with Crippen LogP contribution in [-0.2, 0) is 0 Å². The van der Waals surface area contributed by atoms with Crippen molar-refractivity contribution >= 4 is 15.9 Å². The summed E-state index contributed by atoms with van der Waals surface area (Å²) in [5, 5.41) is 12.6. The van der Waals surface area contributed by atoms with Crippen molar-refractivity contribution in [3.05, 3.63) is 28.2 Å². The van der Waals surface area contributed by atoms with Gasteiger partial charge in [0.15, 0.2) is 11.6 Å². The molecule has 0 bridgehead atoms. The quantitative estimate of drug-likeness (QED) is 0.845. The van der Waals surface area contributed by atoms with E-state index in [2.05, 4.69) is 21.2 Å². The van der Waals surface area contributed by atoms with Crippen molar-refractivity contribution in [1.29, 1.82) is 0 Å². The smallest absolute Gasteiger partial charge is 0.169 e. The van der Waals surface area contributed by atoms with Gasteiger partial charge in [0.05, 0.1) is 4.47 Å². The van der Waals surface area contributed by atoms with Crippen LogP contribution in [0.5, 0.6) is 5.75 Å². The molecule has 3 nitrogen and oxygen atoms in total. The van der Waals surface area contributed by atoms with Gasteiger partial charge in [0.1, 0.15) is 18.5 Å². The van der Waals surface area contributed by atoms with Crippen LogP contribution in [0.1, 0.15) is 13.8 Å². The third-order valence-corrected chi connectivity index (χ3v) is 2.73. The predicted octanol–water partition coefficient (Wildman–Crippen LogP) is 2.47. The third kappa shape index (κ3) is 4.88. The number of hydrogen-bond acceptors (Lipinski definition) is 3. The molecule has 0 aliphatic rings. The first-order valence-corrected chi connectivity index (χ1v) is 6.38. The van der Waals surface area contributed by atoms with E-state index in [9.17, 15) is 13.9 Å². The maximum atomic E-state index is 13.4. The van der Waals surface area contributed by atoms with E-state index < -0.39 is 17.7 Å². The zero-order valence-electron chi connectivity index (χ0n) is 10.2. The molecule has 0 saturated carbocycles. The van der Waals surface area contributed by atoms with Crippen molar-refractivity contribution in [2.45, 2.75) is 26.0 Å². The fourth-order valence-corrected chi connectivity index (χ4v) is 1.80. The molecule has 0 radical (unpaired) electrons. The fraction of sp³-hybridized carbons (Fsp3) is 0.500. The van der Waals surface area contributed by atoms with Crippen LogP contribution in [0.25, 0.3) is 0 Å². The molecule has 2 N–H and O–H groups in total. The highest BCUT2D eigenvalue weighted by molar-refractivity contribution is 9.10. The molecule has 18 heavy (non-hydrogen) atoms. The summed E-state index contributed by atoms with van der Waals surface area (Å²) in [5.74, 6) is -1.58. The van der Waals surface area contributed by atoms with E-state index >= 15 is 0 Å². The maximum Gasteiger partial charge on any atom is 0.169 e. The molecule has 0 heterocycles. The summed E-state index contributed by atoms with van der Waals surface area (Å²) in [5.41, 5.74) is 0. The molecular weight excluding hydrogens is 308 g/mol.